The Kier molecular flexibility index (Phi) is 6.80. The summed E-state index contributed by atoms with van der Waals surface area (Å²) in [4.78, 5) is 20.8. The van der Waals surface area contributed by atoms with Gasteiger partial charge >= 0.3 is 0 Å². The average Bonchev–Trinajstić information content (AvgIpc) is 2.96. The van der Waals surface area contributed by atoms with Crippen LogP contribution >= 0.6 is 12.4 Å². The molecule has 1 aromatic heterocycles. The van der Waals surface area contributed by atoms with Crippen LogP contribution in [-0.4, -0.2) is 59.1 Å². The number of nitrogens with one attached hydrogen (secondary N) is 1. The van der Waals surface area contributed by atoms with Crippen LogP contribution in [0.5, 0.6) is 0 Å². The molecule has 23 heavy (non-hydrogen) atoms. The molecular weight excluding hydrogens is 318 g/mol. The Bertz CT molecular complexity index is 510. The second kappa shape index (κ2) is 8.61. The van der Waals surface area contributed by atoms with E-state index in [1.807, 2.05) is 4.90 Å². The van der Waals surface area contributed by atoms with Crippen molar-refractivity contribution in [3.63, 3.8) is 0 Å². The number of likely N-dealkylation sites (tertiary alicyclic amines) is 1. The van der Waals surface area contributed by atoms with Crippen molar-refractivity contribution < 1.29 is 9.32 Å². The van der Waals surface area contributed by atoms with Gasteiger partial charge in [0.15, 0.2) is 5.82 Å². The normalized spacial score (nSPS) is 24.0. The third-order valence-corrected chi connectivity index (χ3v) is 4.54. The summed E-state index contributed by atoms with van der Waals surface area (Å²) in [5.41, 5.74) is 0. The summed E-state index contributed by atoms with van der Waals surface area (Å²) >= 11 is 0. The van der Waals surface area contributed by atoms with Crippen LogP contribution in [0.1, 0.15) is 49.9 Å². The lowest BCUT2D eigenvalue weighted by molar-refractivity contribution is -0.132. The first kappa shape index (κ1) is 18.2. The first-order valence-electron chi connectivity index (χ1n) is 8.25. The molecule has 1 N–H and O–H groups in total. The van der Waals surface area contributed by atoms with Crippen LogP contribution in [0.25, 0.3) is 0 Å². The van der Waals surface area contributed by atoms with E-state index in [1.165, 1.54) is 6.42 Å². The molecule has 1 aromatic rings. The van der Waals surface area contributed by atoms with Gasteiger partial charge in [-0.05, 0) is 19.9 Å². The molecule has 2 aliphatic heterocycles. The Balaban J connectivity index is 0.00000192. The molecule has 2 aliphatic rings. The summed E-state index contributed by atoms with van der Waals surface area (Å²) in [5.74, 6) is 1.46. The van der Waals surface area contributed by atoms with Crippen molar-refractivity contribution >= 4 is 18.3 Å². The second-order valence-electron chi connectivity index (χ2n) is 6.23. The van der Waals surface area contributed by atoms with Gasteiger partial charge in [-0.1, -0.05) is 18.0 Å². The van der Waals surface area contributed by atoms with Gasteiger partial charge in [0.05, 0.1) is 12.6 Å². The minimum atomic E-state index is 0. The molecule has 3 rings (SSSR count). The van der Waals surface area contributed by atoms with E-state index in [2.05, 4.69) is 27.4 Å². The first-order chi connectivity index (χ1) is 10.7. The van der Waals surface area contributed by atoms with E-state index in [-0.39, 0.29) is 24.4 Å². The van der Waals surface area contributed by atoms with Crippen molar-refractivity contribution in [3.05, 3.63) is 11.7 Å². The van der Waals surface area contributed by atoms with E-state index < -0.39 is 0 Å². The van der Waals surface area contributed by atoms with Gasteiger partial charge in [-0.3, -0.25) is 9.69 Å². The van der Waals surface area contributed by atoms with Crippen LogP contribution in [0.15, 0.2) is 4.52 Å². The molecule has 0 aromatic carbocycles. The smallest absolute Gasteiger partial charge is 0.246 e. The summed E-state index contributed by atoms with van der Waals surface area (Å²) in [6.45, 7) is 4.02. The van der Waals surface area contributed by atoms with E-state index in [9.17, 15) is 4.79 Å². The lowest BCUT2D eigenvalue weighted by atomic mass is 10.1. The van der Waals surface area contributed by atoms with E-state index in [0.29, 0.717) is 24.7 Å². The van der Waals surface area contributed by atoms with Gasteiger partial charge in [0, 0.05) is 32.6 Å². The van der Waals surface area contributed by atoms with Gasteiger partial charge in [0.1, 0.15) is 0 Å². The Morgan fingerprint density at radius 3 is 2.91 bits per heavy atom. The molecule has 130 valence electrons. The topological polar surface area (TPSA) is 74.5 Å². The highest BCUT2D eigenvalue weighted by atomic mass is 35.5. The number of rotatable bonds is 3. The van der Waals surface area contributed by atoms with Crippen LogP contribution < -0.4 is 5.32 Å². The molecule has 1 unspecified atom stereocenters. The molecule has 1 atom stereocenters. The van der Waals surface area contributed by atoms with Crippen molar-refractivity contribution in [2.45, 2.75) is 44.7 Å². The molecule has 0 radical (unpaired) electrons. The zero-order valence-corrected chi connectivity index (χ0v) is 14.5. The number of likely N-dealkylation sites (N-methyl/N-ethyl adjacent to an activating group) is 1. The number of aromatic nitrogens is 2. The third kappa shape index (κ3) is 4.65. The average molecular weight is 344 g/mol. The lowest BCUT2D eigenvalue weighted by Crippen LogP contribution is -2.44. The Hall–Kier alpha value is -1.18. The molecule has 0 saturated carbocycles. The van der Waals surface area contributed by atoms with Crippen LogP contribution in [0.4, 0.5) is 0 Å². The van der Waals surface area contributed by atoms with Crippen LogP contribution in [0.2, 0.25) is 0 Å². The molecule has 1 amide bonds. The van der Waals surface area contributed by atoms with E-state index in [1.54, 1.807) is 0 Å². The Morgan fingerprint density at radius 1 is 1.26 bits per heavy atom. The highest BCUT2D eigenvalue weighted by Crippen LogP contribution is 2.19. The molecule has 0 bridgehead atoms. The number of hydrogen-bond donors (Lipinski definition) is 1. The molecule has 0 aliphatic carbocycles. The predicted molar refractivity (Wildman–Crippen MR) is 88.3 cm³/mol. The van der Waals surface area contributed by atoms with E-state index >= 15 is 0 Å². The van der Waals surface area contributed by atoms with Gasteiger partial charge in [0.2, 0.25) is 11.8 Å². The molecule has 3 heterocycles. The molecule has 2 saturated heterocycles. The van der Waals surface area contributed by atoms with Gasteiger partial charge < -0.3 is 14.7 Å². The monoisotopic (exact) mass is 343 g/mol. The number of carbonyl (C=O) groups is 1. The maximum Gasteiger partial charge on any atom is 0.246 e. The lowest BCUT2D eigenvalue weighted by Gasteiger charge is -2.30. The van der Waals surface area contributed by atoms with Crippen molar-refractivity contribution in [2.75, 3.05) is 33.2 Å². The van der Waals surface area contributed by atoms with Crippen LogP contribution in [0, 0.1) is 0 Å². The Labute approximate surface area is 143 Å². The minimum absolute atomic E-state index is 0. The number of carbonyl (C=O) groups excluding carboxylic acids is 1. The quantitative estimate of drug-likeness (QED) is 0.893. The molecular formula is C15H26ClN5O2. The third-order valence-electron chi connectivity index (χ3n) is 4.54. The number of piperazine rings is 1. The molecule has 2 fully saturated rings. The summed E-state index contributed by atoms with van der Waals surface area (Å²) in [6.07, 6.45) is 5.03. The highest BCUT2D eigenvalue weighted by molar-refractivity contribution is 5.85. The zero-order chi connectivity index (χ0) is 15.4. The van der Waals surface area contributed by atoms with Crippen molar-refractivity contribution in [1.29, 1.82) is 0 Å². The zero-order valence-electron chi connectivity index (χ0n) is 13.7. The largest absolute Gasteiger partial charge is 0.337 e. The molecule has 0 spiro atoms. The van der Waals surface area contributed by atoms with E-state index in [4.69, 9.17) is 4.52 Å². The standard InChI is InChI=1S/C15H25N5O2.ClH/c1-19-9-7-16-10-12(19)15-17-13(22-18-15)11-20-8-5-3-2-4-6-14(20)21;/h12,16H,2-11H2,1H3;1H. The highest BCUT2D eigenvalue weighted by Gasteiger charge is 2.26. The van der Waals surface area contributed by atoms with Gasteiger partial charge in [0.25, 0.3) is 0 Å². The summed E-state index contributed by atoms with van der Waals surface area (Å²) in [6, 6.07) is 0.147. The fraction of sp³-hybridized carbons (Fsp3) is 0.800. The van der Waals surface area contributed by atoms with Crippen LogP contribution in [-0.2, 0) is 11.3 Å². The Morgan fingerprint density at radius 2 is 2.09 bits per heavy atom. The fourth-order valence-electron chi connectivity index (χ4n) is 3.11. The number of nitrogens with zero attached hydrogens (tertiary/aromatic N) is 4. The summed E-state index contributed by atoms with van der Waals surface area (Å²) in [7, 11) is 2.07. The maximum absolute atomic E-state index is 12.1. The molecule has 7 nitrogen and oxygen atoms in total. The molecule has 8 heteroatoms. The van der Waals surface area contributed by atoms with Crippen LogP contribution in [0.3, 0.4) is 0 Å². The number of halogens is 1. The minimum Gasteiger partial charge on any atom is -0.337 e. The van der Waals surface area contributed by atoms with Crippen molar-refractivity contribution in [2.24, 2.45) is 0 Å². The van der Waals surface area contributed by atoms with Gasteiger partial charge in [-0.25, -0.2) is 0 Å². The fourth-order valence-corrected chi connectivity index (χ4v) is 3.11. The number of hydrogen-bond acceptors (Lipinski definition) is 6. The summed E-state index contributed by atoms with van der Waals surface area (Å²) < 4.78 is 5.38. The van der Waals surface area contributed by atoms with Gasteiger partial charge in [-0.2, -0.15) is 4.98 Å². The van der Waals surface area contributed by atoms with Crippen molar-refractivity contribution in [3.8, 4) is 0 Å². The van der Waals surface area contributed by atoms with E-state index in [0.717, 1.165) is 45.4 Å². The number of amides is 1. The summed E-state index contributed by atoms with van der Waals surface area (Å²) in [5, 5.41) is 7.47. The second-order valence-corrected chi connectivity index (χ2v) is 6.23. The van der Waals surface area contributed by atoms with Crippen molar-refractivity contribution in [1.82, 2.24) is 25.3 Å². The van der Waals surface area contributed by atoms with Gasteiger partial charge in [-0.15, -0.1) is 12.4 Å². The first-order valence-corrected chi connectivity index (χ1v) is 8.25. The predicted octanol–water partition coefficient (Wildman–Crippen LogP) is 1.36. The maximum atomic E-state index is 12.1. The SMILES string of the molecule is CN1CCNCC1c1noc(CN2CCCCCCC2=O)n1.Cl.